The number of esters is 1. The molecule has 3 amide bonds. The quantitative estimate of drug-likeness (QED) is 0.150. The van der Waals surface area contributed by atoms with Gasteiger partial charge in [-0.15, -0.1) is 0 Å². The molecule has 0 spiro atoms. The first kappa shape index (κ1) is 27.5. The molecule has 1 aromatic rings. The lowest BCUT2D eigenvalue weighted by atomic mass is 10.0. The highest BCUT2D eigenvalue weighted by Crippen LogP contribution is 2.19. The third kappa shape index (κ3) is 15.0. The van der Waals surface area contributed by atoms with Gasteiger partial charge in [-0.25, -0.2) is 4.79 Å². The molecule has 174 valence electrons. The van der Waals surface area contributed by atoms with Crippen LogP contribution in [0.15, 0.2) is 24.3 Å². The Hall–Kier alpha value is -1.52. The van der Waals surface area contributed by atoms with Gasteiger partial charge in [-0.3, -0.25) is 9.59 Å². The maximum atomic E-state index is 11.9. The van der Waals surface area contributed by atoms with Crippen LogP contribution < -0.4 is 15.4 Å². The molecule has 0 aliphatic rings. The van der Waals surface area contributed by atoms with Crippen molar-refractivity contribution in [1.82, 2.24) is 15.4 Å². The number of benzene rings is 1. The predicted octanol–water partition coefficient (Wildman–Crippen LogP) is 3.78. The number of ether oxygens (including phenoxy) is 1. The monoisotopic (exact) mass is 487 g/mol. The highest BCUT2D eigenvalue weighted by atomic mass is 33.1. The molecule has 0 aromatic heterocycles. The Morgan fingerprint density at radius 2 is 1.65 bits per heavy atom. The van der Waals surface area contributed by atoms with E-state index in [1.807, 2.05) is 0 Å². The van der Waals surface area contributed by atoms with Crippen molar-refractivity contribution in [3.63, 3.8) is 0 Å². The molecule has 0 aliphatic carbocycles. The molecular weight excluding hydrogens is 454 g/mol. The van der Waals surface area contributed by atoms with E-state index < -0.39 is 0 Å². The smallest absolute Gasteiger partial charge is 0.315 e. The van der Waals surface area contributed by atoms with Crippen molar-refractivity contribution >= 4 is 51.4 Å². The van der Waals surface area contributed by atoms with Crippen molar-refractivity contribution in [1.29, 1.82) is 0 Å². The zero-order chi connectivity index (χ0) is 22.9. The molecule has 0 heterocycles. The van der Waals surface area contributed by atoms with E-state index in [-0.39, 0.29) is 30.7 Å². The van der Waals surface area contributed by atoms with Crippen molar-refractivity contribution in [2.24, 2.45) is 5.92 Å². The van der Waals surface area contributed by atoms with E-state index in [2.05, 4.69) is 53.5 Å². The fourth-order valence-electron chi connectivity index (χ4n) is 2.48. The number of rotatable bonds is 15. The summed E-state index contributed by atoms with van der Waals surface area (Å²) in [4.78, 5) is 34.6. The molecule has 31 heavy (non-hydrogen) atoms. The van der Waals surface area contributed by atoms with Crippen molar-refractivity contribution in [3.05, 3.63) is 35.4 Å². The first-order valence-electron chi connectivity index (χ1n) is 10.2. The van der Waals surface area contributed by atoms with Crippen LogP contribution in [0.25, 0.3) is 0 Å². The number of hydrogen-bond acceptors (Lipinski definition) is 7. The molecule has 0 unspecified atom stereocenters. The average Bonchev–Trinajstić information content (AvgIpc) is 2.73. The molecule has 7 nitrogen and oxygen atoms in total. The molecule has 1 aromatic carbocycles. The van der Waals surface area contributed by atoms with E-state index in [1.54, 1.807) is 27.8 Å². The highest BCUT2D eigenvalue weighted by molar-refractivity contribution is 8.76. The van der Waals surface area contributed by atoms with Crippen LogP contribution in [-0.2, 0) is 27.3 Å². The molecule has 0 saturated heterocycles. The van der Waals surface area contributed by atoms with E-state index in [0.29, 0.717) is 31.4 Å². The number of amides is 3. The summed E-state index contributed by atoms with van der Waals surface area (Å²) in [6.07, 6.45) is 3.04. The van der Waals surface area contributed by atoms with E-state index in [1.165, 1.54) is 17.5 Å². The van der Waals surface area contributed by atoms with Crippen molar-refractivity contribution in [2.75, 3.05) is 30.9 Å². The molecule has 0 atom stereocenters. The molecule has 3 N–H and O–H groups in total. The summed E-state index contributed by atoms with van der Waals surface area (Å²) in [5.74, 6) is 1.50. The number of nitrogens with one attached hydrogen (secondary N) is 3. The number of carbonyl (C=O) groups excluding carboxylic acids is 3. The van der Waals surface area contributed by atoms with Gasteiger partial charge in [0.1, 0.15) is 6.61 Å². The standard InChI is InChI=1S/C21H33N3O4S3/c1-16(2)14-17-4-6-18(7-5-17)15-23-21(27)22-10-12-30-31-13-11-28-20(26)9-8-19(25)24-29-3/h4-7,16H,8-15H2,1-3H3,(H,24,25)(H2,22,23,27). The molecule has 0 bridgehead atoms. The van der Waals surface area contributed by atoms with Crippen molar-refractivity contribution in [2.45, 2.75) is 39.7 Å². The summed E-state index contributed by atoms with van der Waals surface area (Å²) in [5, 5.41) is 5.69. The Kier molecular flexibility index (Phi) is 15.2. The van der Waals surface area contributed by atoms with E-state index in [0.717, 1.165) is 17.7 Å². The number of carbonyl (C=O) groups is 3. The molecule has 10 heteroatoms. The lowest BCUT2D eigenvalue weighted by Gasteiger charge is -2.09. The van der Waals surface area contributed by atoms with Crippen molar-refractivity contribution < 1.29 is 19.1 Å². The SMILES string of the molecule is CSNC(=O)CCC(=O)OCCSSCCNC(=O)NCc1ccc(CC(C)C)cc1. The lowest BCUT2D eigenvalue weighted by molar-refractivity contribution is -0.144. The van der Waals surface area contributed by atoms with Gasteiger partial charge < -0.3 is 20.1 Å². The van der Waals surface area contributed by atoms with Gasteiger partial charge in [0.2, 0.25) is 5.91 Å². The fraction of sp³-hybridized carbons (Fsp3) is 0.571. The molecule has 0 saturated carbocycles. The van der Waals surface area contributed by atoms with Gasteiger partial charge in [-0.05, 0) is 23.5 Å². The minimum absolute atomic E-state index is 0.0886. The van der Waals surface area contributed by atoms with Crippen LogP contribution >= 0.6 is 33.5 Å². The number of urea groups is 1. The van der Waals surface area contributed by atoms with Gasteiger partial charge in [0.05, 0.1) is 6.42 Å². The maximum absolute atomic E-state index is 11.9. The molecule has 1 rings (SSSR count). The summed E-state index contributed by atoms with van der Waals surface area (Å²) in [6, 6.07) is 8.15. The minimum Gasteiger partial charge on any atom is -0.465 e. The Bertz CT molecular complexity index is 672. The van der Waals surface area contributed by atoms with Gasteiger partial charge >= 0.3 is 12.0 Å². The molecule has 0 fully saturated rings. The van der Waals surface area contributed by atoms with E-state index in [9.17, 15) is 14.4 Å². The van der Waals surface area contributed by atoms with Crippen LogP contribution in [0, 0.1) is 5.92 Å². The second-order valence-electron chi connectivity index (χ2n) is 7.12. The molecule has 0 radical (unpaired) electrons. The summed E-state index contributed by atoms with van der Waals surface area (Å²) in [7, 11) is 3.19. The Balaban J connectivity index is 1.98. The second kappa shape index (κ2) is 17.1. The average molecular weight is 488 g/mol. The highest BCUT2D eigenvalue weighted by Gasteiger charge is 2.07. The summed E-state index contributed by atoms with van der Waals surface area (Å²) >= 11 is 1.21. The summed E-state index contributed by atoms with van der Waals surface area (Å²) in [6.45, 7) is 5.76. The van der Waals surface area contributed by atoms with Crippen LogP contribution in [0.5, 0.6) is 0 Å². The van der Waals surface area contributed by atoms with Gasteiger partial charge in [-0.1, -0.05) is 71.6 Å². The topological polar surface area (TPSA) is 96.5 Å². The van der Waals surface area contributed by atoms with Crippen molar-refractivity contribution in [3.8, 4) is 0 Å². The third-order valence-corrected chi connectivity index (χ3v) is 6.68. The predicted molar refractivity (Wildman–Crippen MR) is 132 cm³/mol. The van der Waals surface area contributed by atoms with Crippen LogP contribution in [-0.4, -0.2) is 48.8 Å². The van der Waals surface area contributed by atoms with Gasteiger partial charge in [-0.2, -0.15) is 0 Å². The Morgan fingerprint density at radius 3 is 2.32 bits per heavy atom. The first-order valence-corrected chi connectivity index (χ1v) is 13.9. The van der Waals surface area contributed by atoms with Crippen LogP contribution in [0.4, 0.5) is 4.79 Å². The van der Waals surface area contributed by atoms with Crippen LogP contribution in [0.1, 0.15) is 37.8 Å². The normalized spacial score (nSPS) is 10.6. The molecular formula is C21H33N3O4S3. The largest absolute Gasteiger partial charge is 0.465 e. The van der Waals surface area contributed by atoms with Crippen LogP contribution in [0.3, 0.4) is 0 Å². The summed E-state index contributed by atoms with van der Waals surface area (Å²) < 4.78 is 7.63. The van der Waals surface area contributed by atoms with Gasteiger partial charge in [0.15, 0.2) is 0 Å². The minimum atomic E-state index is -0.366. The van der Waals surface area contributed by atoms with Crippen LogP contribution in [0.2, 0.25) is 0 Å². The molecule has 0 aliphatic heterocycles. The third-order valence-electron chi connectivity index (χ3n) is 3.88. The lowest BCUT2D eigenvalue weighted by Crippen LogP contribution is -2.36. The summed E-state index contributed by atoms with van der Waals surface area (Å²) in [5.41, 5.74) is 2.39. The number of hydrogen-bond donors (Lipinski definition) is 3. The maximum Gasteiger partial charge on any atom is 0.315 e. The van der Waals surface area contributed by atoms with Gasteiger partial charge in [0.25, 0.3) is 0 Å². The second-order valence-corrected chi connectivity index (χ2v) is 10.4. The van der Waals surface area contributed by atoms with Gasteiger partial charge in [0, 0.05) is 37.3 Å². The first-order chi connectivity index (χ1) is 14.9. The van der Waals surface area contributed by atoms with E-state index >= 15 is 0 Å². The Morgan fingerprint density at radius 1 is 0.968 bits per heavy atom. The Labute approximate surface area is 197 Å². The zero-order valence-electron chi connectivity index (χ0n) is 18.4. The fourth-order valence-corrected chi connectivity index (χ4v) is 4.54. The zero-order valence-corrected chi connectivity index (χ0v) is 20.9. The van der Waals surface area contributed by atoms with E-state index in [4.69, 9.17) is 4.74 Å².